The second kappa shape index (κ2) is 9.21. The van der Waals surface area contributed by atoms with Gasteiger partial charge in [0.15, 0.2) is 11.6 Å². The molecule has 0 unspecified atom stereocenters. The molecule has 0 aromatic heterocycles. The van der Waals surface area contributed by atoms with Gasteiger partial charge in [0.05, 0.1) is 0 Å². The van der Waals surface area contributed by atoms with Crippen molar-refractivity contribution in [2.45, 2.75) is 39.0 Å². The third kappa shape index (κ3) is 5.03. The van der Waals surface area contributed by atoms with Crippen molar-refractivity contribution < 1.29 is 22.0 Å². The van der Waals surface area contributed by atoms with Crippen molar-refractivity contribution in [2.24, 2.45) is 0 Å². The first-order valence-electron chi connectivity index (χ1n) is 9.56. The first-order chi connectivity index (χ1) is 13.9. The van der Waals surface area contributed by atoms with Crippen LogP contribution in [0.5, 0.6) is 0 Å². The molecule has 0 saturated carbocycles. The Hall–Kier alpha value is -2.69. The molecule has 0 amide bonds. The van der Waals surface area contributed by atoms with Crippen molar-refractivity contribution in [1.29, 1.82) is 0 Å². The fourth-order valence-corrected chi connectivity index (χ4v) is 3.41. The molecule has 0 heterocycles. The second-order valence-electron chi connectivity index (χ2n) is 7.03. The summed E-state index contributed by atoms with van der Waals surface area (Å²) < 4.78 is 69.4. The number of hydrogen-bond acceptors (Lipinski definition) is 0. The van der Waals surface area contributed by atoms with E-state index in [1.807, 2.05) is 6.92 Å². The summed E-state index contributed by atoms with van der Waals surface area (Å²) in [5.41, 5.74) is 2.00. The largest absolute Gasteiger partial charge is 0.207 e. The Kier molecular flexibility index (Phi) is 6.68. The van der Waals surface area contributed by atoms with E-state index in [0.717, 1.165) is 11.6 Å². The summed E-state index contributed by atoms with van der Waals surface area (Å²) in [5, 5.41) is 0. The van der Waals surface area contributed by atoms with Crippen LogP contribution in [0.3, 0.4) is 0 Å². The van der Waals surface area contributed by atoms with Crippen molar-refractivity contribution in [2.75, 3.05) is 0 Å². The fraction of sp³-hybridized carbons (Fsp3) is 0.250. The summed E-state index contributed by atoms with van der Waals surface area (Å²) in [4.78, 5) is 0. The Bertz CT molecular complexity index is 990. The third-order valence-electron chi connectivity index (χ3n) is 5.06. The summed E-state index contributed by atoms with van der Waals surface area (Å²) in [5.74, 6) is -3.51. The first kappa shape index (κ1) is 21.0. The molecule has 29 heavy (non-hydrogen) atoms. The lowest BCUT2D eigenvalue weighted by Gasteiger charge is -2.10. The number of benzene rings is 3. The predicted octanol–water partition coefficient (Wildman–Crippen LogP) is 6.51. The van der Waals surface area contributed by atoms with Gasteiger partial charge in [0.25, 0.3) is 0 Å². The Labute approximate surface area is 167 Å². The van der Waals surface area contributed by atoms with Crippen LogP contribution in [0, 0.1) is 29.1 Å². The van der Waals surface area contributed by atoms with Crippen LogP contribution >= 0.6 is 0 Å². The van der Waals surface area contributed by atoms with Crippen LogP contribution in [0.4, 0.5) is 22.0 Å². The molecule has 0 aliphatic carbocycles. The SMILES string of the molecule is CCc1cc(CCc2cc(CCc3c(F)cccc3F)cc(F)c2F)ccc1F. The van der Waals surface area contributed by atoms with Crippen LogP contribution in [-0.2, 0) is 32.1 Å². The normalized spacial score (nSPS) is 11.1. The molecule has 0 N–H and O–H groups in total. The summed E-state index contributed by atoms with van der Waals surface area (Å²) >= 11 is 0. The van der Waals surface area contributed by atoms with Gasteiger partial charge in [-0.1, -0.05) is 31.2 Å². The van der Waals surface area contributed by atoms with Gasteiger partial charge in [0.1, 0.15) is 17.5 Å². The Morgan fingerprint density at radius 3 is 1.93 bits per heavy atom. The first-order valence-corrected chi connectivity index (χ1v) is 9.56. The highest BCUT2D eigenvalue weighted by Gasteiger charge is 2.14. The van der Waals surface area contributed by atoms with Crippen LogP contribution in [0.1, 0.15) is 34.7 Å². The van der Waals surface area contributed by atoms with Crippen molar-refractivity contribution in [3.63, 3.8) is 0 Å². The maximum absolute atomic E-state index is 14.2. The fourth-order valence-electron chi connectivity index (χ4n) is 3.41. The zero-order chi connectivity index (χ0) is 21.0. The van der Waals surface area contributed by atoms with E-state index in [4.69, 9.17) is 0 Å². The van der Waals surface area contributed by atoms with Gasteiger partial charge in [0.2, 0.25) is 0 Å². The van der Waals surface area contributed by atoms with Gasteiger partial charge >= 0.3 is 0 Å². The molecule has 0 fully saturated rings. The highest BCUT2D eigenvalue weighted by molar-refractivity contribution is 5.31. The average Bonchev–Trinajstić information content (AvgIpc) is 2.70. The zero-order valence-electron chi connectivity index (χ0n) is 16.0. The van der Waals surface area contributed by atoms with E-state index >= 15 is 0 Å². The summed E-state index contributed by atoms with van der Waals surface area (Å²) in [7, 11) is 0. The van der Waals surface area contributed by atoms with E-state index in [1.54, 1.807) is 12.1 Å². The van der Waals surface area contributed by atoms with Crippen LogP contribution in [0.25, 0.3) is 0 Å². The molecule has 0 radical (unpaired) electrons. The second-order valence-corrected chi connectivity index (χ2v) is 7.03. The lowest BCUT2D eigenvalue weighted by atomic mass is 9.97. The topological polar surface area (TPSA) is 0 Å². The molecule has 3 aromatic rings. The van der Waals surface area contributed by atoms with Gasteiger partial charge in [0, 0.05) is 5.56 Å². The molecule has 0 bridgehead atoms. The molecule has 0 atom stereocenters. The lowest BCUT2D eigenvalue weighted by Crippen LogP contribution is -2.03. The summed E-state index contributed by atoms with van der Waals surface area (Å²) in [6.07, 6.45) is 1.43. The monoisotopic (exact) mass is 404 g/mol. The van der Waals surface area contributed by atoms with Gasteiger partial charge in [-0.2, -0.15) is 0 Å². The van der Waals surface area contributed by atoms with Crippen LogP contribution in [-0.4, -0.2) is 0 Å². The molecule has 0 aliphatic rings. The molecule has 0 spiro atoms. The minimum atomic E-state index is -0.986. The summed E-state index contributed by atoms with van der Waals surface area (Å²) in [6.45, 7) is 1.85. The van der Waals surface area contributed by atoms with Crippen LogP contribution in [0.2, 0.25) is 0 Å². The summed E-state index contributed by atoms with van der Waals surface area (Å²) in [6, 6.07) is 11.0. The highest BCUT2D eigenvalue weighted by atomic mass is 19.2. The third-order valence-corrected chi connectivity index (χ3v) is 5.06. The number of halogens is 5. The van der Waals surface area contributed by atoms with Crippen molar-refractivity contribution >= 4 is 0 Å². The molecule has 3 rings (SSSR count). The van der Waals surface area contributed by atoms with Crippen molar-refractivity contribution in [1.82, 2.24) is 0 Å². The lowest BCUT2D eigenvalue weighted by molar-refractivity contribution is 0.496. The van der Waals surface area contributed by atoms with Crippen molar-refractivity contribution in [3.05, 3.63) is 105 Å². The van der Waals surface area contributed by atoms with E-state index in [0.29, 0.717) is 24.0 Å². The maximum atomic E-state index is 14.2. The molecule has 3 aromatic carbocycles. The molecular weight excluding hydrogens is 383 g/mol. The van der Waals surface area contributed by atoms with E-state index in [-0.39, 0.29) is 36.2 Å². The van der Waals surface area contributed by atoms with Crippen LogP contribution < -0.4 is 0 Å². The number of aryl methyl sites for hydroxylation is 4. The van der Waals surface area contributed by atoms with E-state index < -0.39 is 23.3 Å². The Morgan fingerprint density at radius 1 is 0.586 bits per heavy atom. The molecule has 0 saturated heterocycles. The van der Waals surface area contributed by atoms with Gasteiger partial charge in [-0.15, -0.1) is 0 Å². The molecule has 5 heteroatoms. The number of rotatable bonds is 7. The standard InChI is InChI=1S/C24H21F5/c1-2-17-12-15(8-11-20(17)25)6-9-18-13-16(14-23(28)24(18)29)7-10-19-21(26)4-3-5-22(19)27/h3-5,8,11-14H,2,6-7,9-10H2,1H3. The van der Waals surface area contributed by atoms with Gasteiger partial charge in [-0.3, -0.25) is 0 Å². The minimum absolute atomic E-state index is 0.0425. The van der Waals surface area contributed by atoms with Crippen molar-refractivity contribution in [3.8, 4) is 0 Å². The Balaban J connectivity index is 1.75. The Morgan fingerprint density at radius 2 is 1.24 bits per heavy atom. The quantitative estimate of drug-likeness (QED) is 0.394. The van der Waals surface area contributed by atoms with E-state index in [9.17, 15) is 22.0 Å². The van der Waals surface area contributed by atoms with Gasteiger partial charge in [-0.05, 0) is 78.6 Å². The minimum Gasteiger partial charge on any atom is -0.207 e. The highest BCUT2D eigenvalue weighted by Crippen LogP contribution is 2.21. The molecule has 0 nitrogen and oxygen atoms in total. The predicted molar refractivity (Wildman–Crippen MR) is 103 cm³/mol. The smallest absolute Gasteiger partial charge is 0.162 e. The average molecular weight is 404 g/mol. The van der Waals surface area contributed by atoms with E-state index in [1.165, 1.54) is 30.3 Å². The molecular formula is C24H21F5. The van der Waals surface area contributed by atoms with Gasteiger partial charge < -0.3 is 0 Å². The molecule has 0 aliphatic heterocycles. The zero-order valence-corrected chi connectivity index (χ0v) is 16.0. The van der Waals surface area contributed by atoms with Crippen LogP contribution in [0.15, 0.2) is 48.5 Å². The van der Waals surface area contributed by atoms with E-state index in [2.05, 4.69) is 0 Å². The molecule has 152 valence electrons. The maximum Gasteiger partial charge on any atom is 0.162 e. The van der Waals surface area contributed by atoms with Gasteiger partial charge in [-0.25, -0.2) is 22.0 Å². The number of hydrogen-bond donors (Lipinski definition) is 0.